The van der Waals surface area contributed by atoms with Gasteiger partial charge in [0.25, 0.3) is 0 Å². The summed E-state index contributed by atoms with van der Waals surface area (Å²) in [7, 11) is -2.43. The Kier molecular flexibility index (Phi) is 11.3. The minimum atomic E-state index is -2.43. The topological polar surface area (TPSA) is 76.0 Å². The fourth-order valence-corrected chi connectivity index (χ4v) is 1.72. The summed E-state index contributed by atoms with van der Waals surface area (Å²) >= 11 is 0. The zero-order chi connectivity index (χ0) is 13.8. The molecule has 0 amide bonds. The first-order chi connectivity index (χ1) is 8.60. The molecule has 0 unspecified atom stereocenters. The van der Waals surface area contributed by atoms with Gasteiger partial charge in [-0.25, -0.2) is 0 Å². The molecular weight excluding hydrogens is 255 g/mol. The predicted molar refractivity (Wildman–Crippen MR) is 71.8 cm³/mol. The first kappa shape index (κ1) is 17.6. The zero-order valence-corrected chi connectivity index (χ0v) is 12.0. The van der Waals surface area contributed by atoms with Crippen molar-refractivity contribution in [2.75, 3.05) is 26.4 Å². The first-order valence-corrected chi connectivity index (χ1v) is 7.15. The summed E-state index contributed by atoms with van der Waals surface area (Å²) in [5, 5.41) is 17.5. The van der Waals surface area contributed by atoms with Gasteiger partial charge in [0.15, 0.2) is 0 Å². The second-order valence-electron chi connectivity index (χ2n) is 3.94. The molecule has 0 aliphatic carbocycles. The van der Waals surface area contributed by atoms with Gasteiger partial charge < -0.3 is 19.3 Å². The molecule has 0 aliphatic heterocycles. The van der Waals surface area contributed by atoms with Gasteiger partial charge in [0, 0.05) is 0 Å². The molecule has 6 heteroatoms. The molecule has 18 heavy (non-hydrogen) atoms. The predicted octanol–water partition coefficient (Wildman–Crippen LogP) is 2.07. The molecule has 0 radical (unpaired) electrons. The second-order valence-corrected chi connectivity index (χ2v) is 5.02. The quantitative estimate of drug-likeness (QED) is 0.363. The van der Waals surface area contributed by atoms with Crippen LogP contribution in [0.3, 0.4) is 0 Å². The number of aliphatic hydroxyl groups is 2. The molecule has 0 aliphatic rings. The zero-order valence-electron chi connectivity index (χ0n) is 11.0. The minimum absolute atomic E-state index is 0.0300. The van der Waals surface area contributed by atoms with Crippen LogP contribution >= 0.6 is 8.25 Å². The molecule has 0 aromatic heterocycles. The number of rotatable bonds is 10. The Morgan fingerprint density at radius 3 is 1.72 bits per heavy atom. The van der Waals surface area contributed by atoms with Crippen molar-refractivity contribution in [3.63, 3.8) is 0 Å². The summed E-state index contributed by atoms with van der Waals surface area (Å²) in [4.78, 5) is 0. The minimum Gasteiger partial charge on any atom is -0.392 e. The first-order valence-electron chi connectivity index (χ1n) is 5.92. The van der Waals surface area contributed by atoms with Crippen molar-refractivity contribution < 1.29 is 23.8 Å². The van der Waals surface area contributed by atoms with Gasteiger partial charge in [0.1, 0.15) is 0 Å². The number of hydrogen-bond donors (Lipinski definition) is 2. The Labute approximate surface area is 109 Å². The van der Waals surface area contributed by atoms with E-state index in [0.717, 1.165) is 11.1 Å². The summed E-state index contributed by atoms with van der Waals surface area (Å²) in [6.45, 7) is 4.33. The summed E-state index contributed by atoms with van der Waals surface area (Å²) in [5.74, 6) is 0. The van der Waals surface area contributed by atoms with Crippen molar-refractivity contribution in [2.24, 2.45) is 0 Å². The molecule has 5 nitrogen and oxygen atoms in total. The lowest BCUT2D eigenvalue weighted by Gasteiger charge is -2.04. The van der Waals surface area contributed by atoms with Gasteiger partial charge in [0.05, 0.1) is 26.4 Å². The molecule has 2 N–H and O–H groups in total. The van der Waals surface area contributed by atoms with Crippen LogP contribution in [0.1, 0.15) is 26.7 Å². The fourth-order valence-electron chi connectivity index (χ4n) is 1.07. The third-order valence-corrected chi connectivity index (χ3v) is 3.04. The Balaban J connectivity index is 3.55. The molecule has 106 valence electrons. The van der Waals surface area contributed by atoms with Gasteiger partial charge in [-0.2, -0.15) is 0 Å². The maximum atomic E-state index is 11.3. The van der Waals surface area contributed by atoms with E-state index in [0.29, 0.717) is 26.1 Å². The molecule has 0 atom stereocenters. The van der Waals surface area contributed by atoms with Crippen molar-refractivity contribution in [3.05, 3.63) is 23.3 Å². The fraction of sp³-hybridized carbons (Fsp3) is 0.667. The van der Waals surface area contributed by atoms with Gasteiger partial charge in [0.2, 0.25) is 0 Å². The Bertz CT molecular complexity index is 271. The molecule has 0 saturated heterocycles. The van der Waals surface area contributed by atoms with E-state index in [1.54, 1.807) is 0 Å². The molecule has 0 saturated carbocycles. The third-order valence-electron chi connectivity index (χ3n) is 2.16. The summed E-state index contributed by atoms with van der Waals surface area (Å²) in [6, 6.07) is 0. The maximum Gasteiger partial charge on any atom is 0.319 e. The molecule has 0 bridgehead atoms. The molecular formula is C12H23O5P. The molecule has 0 spiro atoms. The highest BCUT2D eigenvalue weighted by atomic mass is 31.1. The smallest absolute Gasteiger partial charge is 0.319 e. The van der Waals surface area contributed by atoms with Crippen molar-refractivity contribution in [3.8, 4) is 0 Å². The molecule has 0 rings (SSSR count). The normalized spacial score (nSPS) is 14.9. The van der Waals surface area contributed by atoms with Crippen LogP contribution in [0.4, 0.5) is 0 Å². The maximum absolute atomic E-state index is 11.3. The lowest BCUT2D eigenvalue weighted by Crippen LogP contribution is -1.92. The number of aliphatic hydroxyl groups excluding tert-OH is 2. The van der Waals surface area contributed by atoms with E-state index in [4.69, 9.17) is 19.3 Å². The average molecular weight is 278 g/mol. The third kappa shape index (κ3) is 10.7. The lowest BCUT2D eigenvalue weighted by molar-refractivity contribution is 0.231. The van der Waals surface area contributed by atoms with Crippen LogP contribution in [0.5, 0.6) is 0 Å². The van der Waals surface area contributed by atoms with Gasteiger partial charge in [-0.05, 0) is 26.7 Å². The molecule has 0 aromatic rings. The van der Waals surface area contributed by atoms with Crippen LogP contribution < -0.4 is 0 Å². The second kappa shape index (κ2) is 11.6. The van der Waals surface area contributed by atoms with E-state index in [1.165, 1.54) is 0 Å². The van der Waals surface area contributed by atoms with Crippen LogP contribution in [-0.2, 0) is 13.6 Å². The highest BCUT2D eigenvalue weighted by Crippen LogP contribution is 2.24. The van der Waals surface area contributed by atoms with Gasteiger partial charge in [-0.1, -0.05) is 23.3 Å². The monoisotopic (exact) mass is 278 g/mol. The van der Waals surface area contributed by atoms with Crippen LogP contribution in [-0.4, -0.2) is 36.6 Å². The Hall–Kier alpha value is -0.450. The summed E-state index contributed by atoms with van der Waals surface area (Å²) in [6.07, 6.45) is 4.89. The van der Waals surface area contributed by atoms with E-state index in [2.05, 4.69) is 0 Å². The Morgan fingerprint density at radius 1 is 1.00 bits per heavy atom. The van der Waals surface area contributed by atoms with E-state index in [-0.39, 0.29) is 13.2 Å². The van der Waals surface area contributed by atoms with Crippen LogP contribution in [0.25, 0.3) is 0 Å². The highest BCUT2D eigenvalue weighted by molar-refractivity contribution is 7.33. The van der Waals surface area contributed by atoms with Crippen LogP contribution in [0.2, 0.25) is 0 Å². The lowest BCUT2D eigenvalue weighted by atomic mass is 10.2. The average Bonchev–Trinajstić information content (AvgIpc) is 2.38. The van der Waals surface area contributed by atoms with E-state index in [9.17, 15) is 4.57 Å². The highest BCUT2D eigenvalue weighted by Gasteiger charge is 1.98. The number of hydrogen-bond acceptors (Lipinski definition) is 5. The summed E-state index contributed by atoms with van der Waals surface area (Å²) in [5.41, 5.74) is 1.73. The standard InChI is InChI=1S/C12H23O5P/c1-11(9-13)5-3-7-16-18(15)17-8-4-6-12(2)10-14/h5-6,13-14,18H,3-4,7-10H2,1-2H3. The summed E-state index contributed by atoms with van der Waals surface area (Å²) < 4.78 is 21.3. The molecule has 0 heterocycles. The molecule has 0 aromatic carbocycles. The van der Waals surface area contributed by atoms with Crippen LogP contribution in [0.15, 0.2) is 23.3 Å². The Morgan fingerprint density at radius 2 is 1.39 bits per heavy atom. The van der Waals surface area contributed by atoms with E-state index < -0.39 is 8.25 Å². The van der Waals surface area contributed by atoms with Gasteiger partial charge >= 0.3 is 8.25 Å². The SMILES string of the molecule is CC(=CCCO[PH](=O)OCCC=C(C)CO)CO. The van der Waals surface area contributed by atoms with Gasteiger partial charge in [-0.3, -0.25) is 4.57 Å². The van der Waals surface area contributed by atoms with E-state index in [1.807, 2.05) is 26.0 Å². The van der Waals surface area contributed by atoms with Crippen molar-refractivity contribution in [2.45, 2.75) is 26.7 Å². The van der Waals surface area contributed by atoms with Crippen molar-refractivity contribution in [1.29, 1.82) is 0 Å². The molecule has 0 fully saturated rings. The van der Waals surface area contributed by atoms with Crippen molar-refractivity contribution in [1.82, 2.24) is 0 Å². The van der Waals surface area contributed by atoms with Crippen molar-refractivity contribution >= 4 is 8.25 Å². The van der Waals surface area contributed by atoms with E-state index >= 15 is 0 Å². The van der Waals surface area contributed by atoms with Crippen LogP contribution in [0, 0.1) is 0 Å². The largest absolute Gasteiger partial charge is 0.392 e. The van der Waals surface area contributed by atoms with Gasteiger partial charge in [-0.15, -0.1) is 0 Å².